The zero-order valence-electron chi connectivity index (χ0n) is 13.5. The van der Waals surface area contributed by atoms with Crippen molar-refractivity contribution >= 4 is 5.65 Å². The van der Waals surface area contributed by atoms with Crippen LogP contribution in [0.2, 0.25) is 0 Å². The minimum absolute atomic E-state index is 0.0626. The molecule has 0 spiro atoms. The van der Waals surface area contributed by atoms with Crippen molar-refractivity contribution in [1.82, 2.24) is 19.5 Å². The zero-order valence-corrected chi connectivity index (χ0v) is 13.5. The number of methoxy groups -OCH3 is 1. The Morgan fingerprint density at radius 2 is 2.39 bits per heavy atom. The van der Waals surface area contributed by atoms with Crippen LogP contribution in [0.25, 0.3) is 5.65 Å². The third-order valence-electron chi connectivity index (χ3n) is 5.04. The van der Waals surface area contributed by atoms with Crippen molar-refractivity contribution in [2.45, 2.75) is 13.5 Å². The van der Waals surface area contributed by atoms with Gasteiger partial charge >= 0.3 is 0 Å². The van der Waals surface area contributed by atoms with Gasteiger partial charge in [-0.25, -0.2) is 9.50 Å². The molecule has 23 heavy (non-hydrogen) atoms. The fraction of sp³-hybridized carbons (Fsp3) is 0.625. The molecule has 7 nitrogen and oxygen atoms in total. The molecule has 0 amide bonds. The lowest BCUT2D eigenvalue weighted by molar-refractivity contribution is 0.0532. The molecule has 2 aliphatic rings. The van der Waals surface area contributed by atoms with Gasteiger partial charge in [0.2, 0.25) is 0 Å². The van der Waals surface area contributed by atoms with E-state index in [0.29, 0.717) is 18.1 Å². The van der Waals surface area contributed by atoms with Gasteiger partial charge < -0.3 is 9.47 Å². The Morgan fingerprint density at radius 3 is 3.22 bits per heavy atom. The van der Waals surface area contributed by atoms with E-state index in [4.69, 9.17) is 9.47 Å². The number of H-pyrrole nitrogens is 1. The fourth-order valence-corrected chi connectivity index (χ4v) is 4.03. The van der Waals surface area contributed by atoms with E-state index < -0.39 is 0 Å². The van der Waals surface area contributed by atoms with Crippen molar-refractivity contribution in [3.63, 3.8) is 0 Å². The lowest BCUT2D eigenvalue weighted by Gasteiger charge is -2.26. The Labute approximate surface area is 134 Å². The SMILES string of the molecule is COC[C@@]12COC[C@@H]1CN(Cc1cc(=O)n3[nH]c(C)cc3n1)C2. The molecule has 4 rings (SSSR count). The number of hydrogen-bond donors (Lipinski definition) is 1. The van der Waals surface area contributed by atoms with E-state index in [0.717, 1.165) is 44.3 Å². The number of ether oxygens (including phenoxy) is 2. The Morgan fingerprint density at radius 1 is 1.52 bits per heavy atom. The number of hydrogen-bond acceptors (Lipinski definition) is 5. The highest BCUT2D eigenvalue weighted by molar-refractivity contribution is 5.39. The summed E-state index contributed by atoms with van der Waals surface area (Å²) in [4.78, 5) is 19.2. The number of nitrogens with one attached hydrogen (secondary N) is 1. The van der Waals surface area contributed by atoms with Gasteiger partial charge in [0.05, 0.1) is 25.5 Å². The van der Waals surface area contributed by atoms with Crippen molar-refractivity contribution < 1.29 is 9.47 Å². The first kappa shape index (κ1) is 14.9. The summed E-state index contributed by atoms with van der Waals surface area (Å²) in [5, 5.41) is 3.00. The number of aromatic amines is 1. The van der Waals surface area contributed by atoms with Crippen LogP contribution < -0.4 is 5.56 Å². The molecule has 124 valence electrons. The molecule has 1 N–H and O–H groups in total. The quantitative estimate of drug-likeness (QED) is 0.885. The summed E-state index contributed by atoms with van der Waals surface area (Å²) >= 11 is 0. The molecule has 2 aromatic rings. The largest absolute Gasteiger partial charge is 0.384 e. The van der Waals surface area contributed by atoms with Crippen molar-refractivity contribution in [2.24, 2.45) is 11.3 Å². The second kappa shape index (κ2) is 5.43. The van der Waals surface area contributed by atoms with Gasteiger partial charge in [-0.15, -0.1) is 0 Å². The van der Waals surface area contributed by atoms with Gasteiger partial charge in [-0.2, -0.15) is 0 Å². The van der Waals surface area contributed by atoms with Gasteiger partial charge in [0, 0.05) is 55.9 Å². The molecule has 0 radical (unpaired) electrons. The predicted octanol–water partition coefficient (Wildman–Crippen LogP) is 0.426. The number of aromatic nitrogens is 3. The molecule has 2 aromatic heterocycles. The van der Waals surface area contributed by atoms with Gasteiger partial charge in [0.15, 0.2) is 5.65 Å². The number of fused-ring (bicyclic) bond motifs is 2. The summed E-state index contributed by atoms with van der Waals surface area (Å²) in [6, 6.07) is 3.51. The molecule has 0 aromatic carbocycles. The van der Waals surface area contributed by atoms with Crippen LogP contribution in [0.4, 0.5) is 0 Å². The third kappa shape index (κ3) is 2.49. The molecule has 2 saturated heterocycles. The van der Waals surface area contributed by atoms with Crippen LogP contribution in [-0.4, -0.2) is 59.5 Å². The molecule has 0 bridgehead atoms. The standard InChI is InChI=1S/C16H22N4O3/c1-11-3-14-17-13(4-15(21)20(14)18-11)6-19-5-12-7-23-10-16(12,8-19)9-22-2/h3-4,12,18H,5-10H2,1-2H3/t12-,16-/m0/s1. The van der Waals surface area contributed by atoms with Gasteiger partial charge in [-0.1, -0.05) is 0 Å². The minimum atomic E-state index is -0.0626. The van der Waals surface area contributed by atoms with Crippen LogP contribution in [0.15, 0.2) is 16.9 Å². The van der Waals surface area contributed by atoms with Gasteiger partial charge in [0.1, 0.15) is 0 Å². The summed E-state index contributed by atoms with van der Waals surface area (Å²) in [7, 11) is 1.75. The summed E-state index contributed by atoms with van der Waals surface area (Å²) in [6.45, 7) is 6.79. The Hall–Kier alpha value is -1.70. The van der Waals surface area contributed by atoms with E-state index in [1.165, 1.54) is 4.52 Å². The van der Waals surface area contributed by atoms with Crippen molar-refractivity contribution in [1.29, 1.82) is 0 Å². The van der Waals surface area contributed by atoms with E-state index in [9.17, 15) is 4.79 Å². The monoisotopic (exact) mass is 318 g/mol. The Bertz CT molecular complexity index is 783. The average molecular weight is 318 g/mol. The lowest BCUT2D eigenvalue weighted by atomic mass is 9.82. The van der Waals surface area contributed by atoms with E-state index in [2.05, 4.69) is 15.0 Å². The van der Waals surface area contributed by atoms with Gasteiger partial charge in [-0.05, 0) is 6.92 Å². The summed E-state index contributed by atoms with van der Waals surface area (Å²) in [5.41, 5.74) is 2.46. The van der Waals surface area contributed by atoms with Crippen LogP contribution in [0, 0.1) is 18.3 Å². The predicted molar refractivity (Wildman–Crippen MR) is 84.4 cm³/mol. The summed E-state index contributed by atoms with van der Waals surface area (Å²) < 4.78 is 12.6. The molecule has 0 unspecified atom stereocenters. The van der Waals surface area contributed by atoms with Crippen LogP contribution in [0.5, 0.6) is 0 Å². The van der Waals surface area contributed by atoms with Crippen LogP contribution in [0.1, 0.15) is 11.4 Å². The normalized spacial score (nSPS) is 27.8. The maximum atomic E-state index is 12.2. The average Bonchev–Trinajstić information content (AvgIpc) is 3.11. The number of aryl methyl sites for hydroxylation is 1. The number of rotatable bonds is 4. The molecule has 2 atom stereocenters. The van der Waals surface area contributed by atoms with E-state index in [1.54, 1.807) is 13.2 Å². The maximum Gasteiger partial charge on any atom is 0.272 e. The van der Waals surface area contributed by atoms with E-state index in [1.807, 2.05) is 13.0 Å². The van der Waals surface area contributed by atoms with Crippen molar-refractivity contribution in [3.05, 3.63) is 33.9 Å². The highest BCUT2D eigenvalue weighted by Crippen LogP contribution is 2.41. The van der Waals surface area contributed by atoms with Crippen molar-refractivity contribution in [3.8, 4) is 0 Å². The molecular weight excluding hydrogens is 296 g/mol. The second-order valence-electron chi connectivity index (χ2n) is 6.90. The molecule has 0 aliphatic carbocycles. The van der Waals surface area contributed by atoms with Crippen LogP contribution in [0.3, 0.4) is 0 Å². The zero-order chi connectivity index (χ0) is 16.0. The number of nitrogens with zero attached hydrogens (tertiary/aromatic N) is 3. The van der Waals surface area contributed by atoms with Crippen molar-refractivity contribution in [2.75, 3.05) is 40.0 Å². The van der Waals surface area contributed by atoms with Crippen LogP contribution in [-0.2, 0) is 16.0 Å². The molecule has 7 heteroatoms. The molecule has 2 aliphatic heterocycles. The Kier molecular flexibility index (Phi) is 3.51. The highest BCUT2D eigenvalue weighted by Gasteiger charge is 2.50. The first-order valence-corrected chi connectivity index (χ1v) is 7.97. The summed E-state index contributed by atoms with van der Waals surface area (Å²) in [6.07, 6.45) is 0. The molecule has 4 heterocycles. The third-order valence-corrected chi connectivity index (χ3v) is 5.04. The maximum absolute atomic E-state index is 12.2. The topological polar surface area (TPSA) is 71.9 Å². The fourth-order valence-electron chi connectivity index (χ4n) is 4.03. The van der Waals surface area contributed by atoms with E-state index >= 15 is 0 Å². The minimum Gasteiger partial charge on any atom is -0.384 e. The van der Waals surface area contributed by atoms with Crippen LogP contribution >= 0.6 is 0 Å². The first-order chi connectivity index (χ1) is 11.1. The summed E-state index contributed by atoms with van der Waals surface area (Å²) in [5.74, 6) is 0.502. The molecular formula is C16H22N4O3. The number of likely N-dealkylation sites (tertiary alicyclic amines) is 1. The molecule has 2 fully saturated rings. The van der Waals surface area contributed by atoms with Gasteiger partial charge in [-0.3, -0.25) is 14.8 Å². The van der Waals surface area contributed by atoms with E-state index in [-0.39, 0.29) is 11.0 Å². The smallest absolute Gasteiger partial charge is 0.272 e. The molecule has 0 saturated carbocycles. The first-order valence-electron chi connectivity index (χ1n) is 7.97. The lowest BCUT2D eigenvalue weighted by Crippen LogP contribution is -2.35. The Balaban J connectivity index is 1.56. The van der Waals surface area contributed by atoms with Gasteiger partial charge in [0.25, 0.3) is 5.56 Å². The highest BCUT2D eigenvalue weighted by atomic mass is 16.5. The second-order valence-corrected chi connectivity index (χ2v) is 6.90.